The van der Waals surface area contributed by atoms with E-state index in [1.807, 2.05) is 64.9 Å². The van der Waals surface area contributed by atoms with Crippen LogP contribution in [0, 0.1) is 5.92 Å². The number of carbonyl (C=O) groups is 2. The molecule has 0 radical (unpaired) electrons. The van der Waals surface area contributed by atoms with E-state index in [2.05, 4.69) is 5.32 Å². The molecule has 27 heavy (non-hydrogen) atoms. The number of likely N-dealkylation sites (tertiary alicyclic amines) is 1. The predicted octanol–water partition coefficient (Wildman–Crippen LogP) is 4.07. The molecule has 1 aliphatic heterocycles. The van der Waals surface area contributed by atoms with Crippen molar-refractivity contribution >= 4 is 33.9 Å². The van der Waals surface area contributed by atoms with Gasteiger partial charge in [0.05, 0.1) is 12.5 Å². The average molecular weight is 378 g/mol. The highest BCUT2D eigenvalue weighted by atomic mass is 32.1. The summed E-state index contributed by atoms with van der Waals surface area (Å²) in [5.41, 5.74) is 0.716. The highest BCUT2D eigenvalue weighted by Gasteiger charge is 2.29. The van der Waals surface area contributed by atoms with Crippen molar-refractivity contribution in [3.63, 3.8) is 0 Å². The van der Waals surface area contributed by atoms with Gasteiger partial charge in [-0.15, -0.1) is 11.3 Å². The second kappa shape index (κ2) is 7.92. The smallest absolute Gasteiger partial charge is 0.254 e. The molecule has 4 nitrogen and oxygen atoms in total. The molecule has 4 rings (SSSR count). The highest BCUT2D eigenvalue weighted by Crippen LogP contribution is 2.23. The molecule has 3 aromatic rings. The number of amides is 2. The number of nitrogens with zero attached hydrogens (tertiary/aromatic N) is 1. The number of carbonyl (C=O) groups excluding carboxylic acids is 2. The Morgan fingerprint density at radius 2 is 1.93 bits per heavy atom. The van der Waals surface area contributed by atoms with Crippen molar-refractivity contribution in [2.24, 2.45) is 5.92 Å². The first-order chi connectivity index (χ1) is 13.2. The van der Waals surface area contributed by atoms with Crippen molar-refractivity contribution < 1.29 is 9.59 Å². The van der Waals surface area contributed by atoms with Crippen molar-refractivity contribution in [2.45, 2.75) is 19.4 Å². The van der Waals surface area contributed by atoms with E-state index in [-0.39, 0.29) is 17.7 Å². The molecule has 1 aromatic heterocycles. The molecule has 2 aromatic carbocycles. The third-order valence-electron chi connectivity index (χ3n) is 5.12. The summed E-state index contributed by atoms with van der Waals surface area (Å²) in [5.74, 6) is -0.0842. The Kier molecular flexibility index (Phi) is 5.21. The fourth-order valence-corrected chi connectivity index (χ4v) is 4.33. The Bertz CT molecular complexity index is 947. The van der Waals surface area contributed by atoms with E-state index in [0.717, 1.165) is 28.5 Å². The van der Waals surface area contributed by atoms with Crippen LogP contribution in [0.2, 0.25) is 0 Å². The van der Waals surface area contributed by atoms with Gasteiger partial charge in [-0.25, -0.2) is 0 Å². The van der Waals surface area contributed by atoms with Gasteiger partial charge in [0.15, 0.2) is 0 Å². The van der Waals surface area contributed by atoms with Gasteiger partial charge in [0, 0.05) is 23.5 Å². The lowest BCUT2D eigenvalue weighted by molar-refractivity contribution is -0.126. The zero-order chi connectivity index (χ0) is 18.6. The molecule has 1 saturated heterocycles. The van der Waals surface area contributed by atoms with E-state index in [1.165, 1.54) is 0 Å². The lowest BCUT2D eigenvalue weighted by Crippen LogP contribution is -2.45. The molecule has 0 spiro atoms. The fourth-order valence-electron chi connectivity index (χ4n) is 3.69. The minimum Gasteiger partial charge on any atom is -0.351 e. The van der Waals surface area contributed by atoms with Gasteiger partial charge in [-0.1, -0.05) is 42.5 Å². The predicted molar refractivity (Wildman–Crippen MR) is 109 cm³/mol. The molecule has 1 aliphatic rings. The lowest BCUT2D eigenvalue weighted by Gasteiger charge is -2.32. The minimum absolute atomic E-state index is 0.0163. The topological polar surface area (TPSA) is 49.4 Å². The van der Waals surface area contributed by atoms with Crippen LogP contribution < -0.4 is 5.32 Å². The van der Waals surface area contributed by atoms with Crippen molar-refractivity contribution in [3.05, 3.63) is 70.4 Å². The van der Waals surface area contributed by atoms with Crippen LogP contribution >= 0.6 is 11.3 Å². The zero-order valence-electron chi connectivity index (χ0n) is 15.1. The van der Waals surface area contributed by atoms with Gasteiger partial charge in [-0.05, 0) is 41.1 Å². The number of rotatable bonds is 4. The van der Waals surface area contributed by atoms with Crippen LogP contribution in [0.1, 0.15) is 28.1 Å². The van der Waals surface area contributed by atoms with Gasteiger partial charge in [0.25, 0.3) is 5.91 Å². The molecule has 0 unspecified atom stereocenters. The lowest BCUT2D eigenvalue weighted by atomic mass is 9.95. The second-order valence-corrected chi connectivity index (χ2v) is 7.95. The normalized spacial score (nSPS) is 17.0. The fraction of sp³-hybridized carbons (Fsp3) is 0.273. The Hall–Kier alpha value is -2.66. The summed E-state index contributed by atoms with van der Waals surface area (Å²) in [4.78, 5) is 28.7. The Balaban J connectivity index is 1.45. The molecule has 0 saturated carbocycles. The Morgan fingerprint density at radius 3 is 2.78 bits per heavy atom. The van der Waals surface area contributed by atoms with Crippen LogP contribution in [0.5, 0.6) is 0 Å². The Morgan fingerprint density at radius 1 is 1.07 bits per heavy atom. The quantitative estimate of drug-likeness (QED) is 0.744. The first-order valence-electron chi connectivity index (χ1n) is 9.29. The third kappa shape index (κ3) is 3.88. The second-order valence-electron chi connectivity index (χ2n) is 6.91. The van der Waals surface area contributed by atoms with E-state index in [4.69, 9.17) is 0 Å². The number of hydrogen-bond donors (Lipinski definition) is 1. The van der Waals surface area contributed by atoms with Gasteiger partial charge in [-0.2, -0.15) is 0 Å². The van der Waals surface area contributed by atoms with E-state index in [9.17, 15) is 9.59 Å². The Labute approximate surface area is 162 Å². The summed E-state index contributed by atoms with van der Waals surface area (Å²) in [5, 5.41) is 7.05. The molecule has 5 heteroatoms. The molecule has 1 atom stereocenters. The van der Waals surface area contributed by atoms with Gasteiger partial charge in [0.2, 0.25) is 5.91 Å². The first-order valence-corrected chi connectivity index (χ1v) is 10.2. The zero-order valence-corrected chi connectivity index (χ0v) is 15.9. The molecule has 1 fully saturated rings. The van der Waals surface area contributed by atoms with E-state index in [0.29, 0.717) is 25.2 Å². The van der Waals surface area contributed by atoms with Gasteiger partial charge < -0.3 is 10.2 Å². The largest absolute Gasteiger partial charge is 0.351 e. The summed E-state index contributed by atoms with van der Waals surface area (Å²) in [7, 11) is 0. The maximum Gasteiger partial charge on any atom is 0.254 e. The van der Waals surface area contributed by atoms with E-state index in [1.54, 1.807) is 11.3 Å². The molecule has 138 valence electrons. The third-order valence-corrected chi connectivity index (χ3v) is 5.99. The highest BCUT2D eigenvalue weighted by molar-refractivity contribution is 7.09. The summed E-state index contributed by atoms with van der Waals surface area (Å²) in [6, 6.07) is 17.8. The number of hydrogen-bond acceptors (Lipinski definition) is 3. The van der Waals surface area contributed by atoms with Crippen LogP contribution in [0.25, 0.3) is 10.8 Å². The molecular weight excluding hydrogens is 356 g/mol. The van der Waals surface area contributed by atoms with Crippen LogP contribution in [0.15, 0.2) is 60.0 Å². The summed E-state index contributed by atoms with van der Waals surface area (Å²) in [6.45, 7) is 1.75. The van der Waals surface area contributed by atoms with Crippen LogP contribution in [-0.2, 0) is 11.3 Å². The van der Waals surface area contributed by atoms with Crippen LogP contribution in [0.3, 0.4) is 0 Å². The van der Waals surface area contributed by atoms with Crippen molar-refractivity contribution in [1.29, 1.82) is 0 Å². The van der Waals surface area contributed by atoms with Crippen molar-refractivity contribution in [2.75, 3.05) is 13.1 Å². The SMILES string of the molecule is O=C(NCc1cccs1)[C@@H]1CCCN(C(=O)c2cccc3ccccc23)C1. The molecule has 2 heterocycles. The number of thiophene rings is 1. The molecule has 0 aliphatic carbocycles. The summed E-state index contributed by atoms with van der Waals surface area (Å²) < 4.78 is 0. The standard InChI is InChI=1S/C22H22N2O2S/c25-21(23-14-18-9-5-13-27-18)17-8-4-12-24(15-17)22(26)20-11-3-7-16-6-1-2-10-19(16)20/h1-3,5-7,9-11,13,17H,4,8,12,14-15H2,(H,23,25)/t17-/m1/s1. The van der Waals surface area contributed by atoms with Crippen LogP contribution in [-0.4, -0.2) is 29.8 Å². The van der Waals surface area contributed by atoms with Crippen molar-refractivity contribution in [1.82, 2.24) is 10.2 Å². The summed E-state index contributed by atoms with van der Waals surface area (Å²) >= 11 is 1.64. The number of fused-ring (bicyclic) bond motifs is 1. The number of benzene rings is 2. The maximum absolute atomic E-state index is 13.1. The monoisotopic (exact) mass is 378 g/mol. The molecule has 1 N–H and O–H groups in total. The van der Waals surface area contributed by atoms with Gasteiger partial charge in [-0.3, -0.25) is 9.59 Å². The van der Waals surface area contributed by atoms with E-state index < -0.39 is 0 Å². The van der Waals surface area contributed by atoms with Crippen LogP contribution in [0.4, 0.5) is 0 Å². The number of piperidine rings is 1. The molecule has 0 bridgehead atoms. The maximum atomic E-state index is 13.1. The van der Waals surface area contributed by atoms with E-state index >= 15 is 0 Å². The minimum atomic E-state index is -0.141. The van der Waals surface area contributed by atoms with Crippen molar-refractivity contribution in [3.8, 4) is 0 Å². The molecular formula is C22H22N2O2S. The number of nitrogens with one attached hydrogen (secondary N) is 1. The van der Waals surface area contributed by atoms with Gasteiger partial charge >= 0.3 is 0 Å². The average Bonchev–Trinajstić information content (AvgIpc) is 3.25. The summed E-state index contributed by atoms with van der Waals surface area (Å²) in [6.07, 6.45) is 1.68. The van der Waals surface area contributed by atoms with Gasteiger partial charge in [0.1, 0.15) is 0 Å². The first kappa shape index (κ1) is 17.7. The molecule has 2 amide bonds.